The third-order valence-corrected chi connectivity index (χ3v) is 2.50. The Bertz CT molecular complexity index is 224. The number of hydrogen-bond donors (Lipinski definition) is 1. The molecule has 2 heteroatoms. The van der Waals surface area contributed by atoms with E-state index in [1.807, 2.05) is 0 Å². The second kappa shape index (κ2) is 3.74. The summed E-state index contributed by atoms with van der Waals surface area (Å²) in [4.78, 5) is 0. The van der Waals surface area contributed by atoms with Crippen molar-refractivity contribution in [3.05, 3.63) is 11.1 Å². The Hall–Kier alpha value is -0.790. The van der Waals surface area contributed by atoms with Gasteiger partial charge in [0.1, 0.15) is 0 Å². The summed E-state index contributed by atoms with van der Waals surface area (Å²) in [6.45, 7) is 6.36. The SMILES string of the molecule is CC(C)=C1CCC(C)CC1=NO. The van der Waals surface area contributed by atoms with Crippen molar-refractivity contribution in [1.82, 2.24) is 0 Å². The lowest BCUT2D eigenvalue weighted by Gasteiger charge is -2.22. The molecule has 1 unspecified atom stereocenters. The molecule has 0 aromatic heterocycles. The van der Waals surface area contributed by atoms with E-state index in [9.17, 15) is 0 Å². The van der Waals surface area contributed by atoms with Crippen molar-refractivity contribution >= 4 is 5.71 Å². The summed E-state index contributed by atoms with van der Waals surface area (Å²) >= 11 is 0. The highest BCUT2D eigenvalue weighted by atomic mass is 16.4. The van der Waals surface area contributed by atoms with Crippen LogP contribution in [-0.2, 0) is 0 Å². The van der Waals surface area contributed by atoms with E-state index in [1.54, 1.807) is 0 Å². The molecule has 1 aliphatic rings. The van der Waals surface area contributed by atoms with Gasteiger partial charge in [-0.15, -0.1) is 0 Å². The molecule has 0 radical (unpaired) electrons. The molecule has 0 saturated heterocycles. The van der Waals surface area contributed by atoms with E-state index in [0.717, 1.165) is 18.6 Å². The molecule has 1 atom stereocenters. The van der Waals surface area contributed by atoms with Crippen LogP contribution in [0.25, 0.3) is 0 Å². The summed E-state index contributed by atoms with van der Waals surface area (Å²) in [5.41, 5.74) is 3.44. The maximum absolute atomic E-state index is 8.78. The third-order valence-electron chi connectivity index (χ3n) is 2.50. The summed E-state index contributed by atoms with van der Waals surface area (Å²) in [6.07, 6.45) is 3.22. The van der Waals surface area contributed by atoms with E-state index in [1.165, 1.54) is 17.6 Å². The summed E-state index contributed by atoms with van der Waals surface area (Å²) < 4.78 is 0. The van der Waals surface area contributed by atoms with Crippen LogP contribution in [0, 0.1) is 5.92 Å². The minimum absolute atomic E-state index is 0.666. The van der Waals surface area contributed by atoms with Crippen LogP contribution >= 0.6 is 0 Å². The van der Waals surface area contributed by atoms with Crippen LogP contribution in [0.15, 0.2) is 16.3 Å². The van der Waals surface area contributed by atoms with Crippen molar-refractivity contribution in [3.8, 4) is 0 Å². The molecule has 1 saturated carbocycles. The normalized spacial score (nSPS) is 27.8. The van der Waals surface area contributed by atoms with Crippen molar-refractivity contribution in [1.29, 1.82) is 0 Å². The van der Waals surface area contributed by atoms with Crippen molar-refractivity contribution < 1.29 is 5.21 Å². The maximum atomic E-state index is 8.78. The summed E-state index contributed by atoms with van der Waals surface area (Å²) in [6, 6.07) is 0. The molecule has 1 fully saturated rings. The zero-order valence-electron chi connectivity index (χ0n) is 8.09. The van der Waals surface area contributed by atoms with Gasteiger partial charge in [-0.3, -0.25) is 0 Å². The first kappa shape index (κ1) is 9.30. The predicted octanol–water partition coefficient (Wildman–Crippen LogP) is 2.97. The van der Waals surface area contributed by atoms with Crippen LogP contribution < -0.4 is 0 Å². The maximum Gasteiger partial charge on any atom is 0.0829 e. The second-order valence-corrected chi connectivity index (χ2v) is 3.87. The number of rotatable bonds is 0. The summed E-state index contributed by atoms with van der Waals surface area (Å²) in [7, 11) is 0. The van der Waals surface area contributed by atoms with Crippen LogP contribution in [0.1, 0.15) is 40.0 Å². The Morgan fingerprint density at radius 2 is 2.17 bits per heavy atom. The number of hydrogen-bond acceptors (Lipinski definition) is 2. The van der Waals surface area contributed by atoms with Crippen LogP contribution in [0.5, 0.6) is 0 Å². The van der Waals surface area contributed by atoms with Gasteiger partial charge < -0.3 is 5.21 Å². The van der Waals surface area contributed by atoms with Gasteiger partial charge in [0.25, 0.3) is 0 Å². The molecule has 12 heavy (non-hydrogen) atoms. The lowest BCUT2D eigenvalue weighted by molar-refractivity contribution is 0.314. The fourth-order valence-corrected chi connectivity index (χ4v) is 1.73. The summed E-state index contributed by atoms with van der Waals surface area (Å²) in [5, 5.41) is 12.1. The molecule has 0 aromatic carbocycles. The van der Waals surface area contributed by atoms with Gasteiger partial charge in [-0.2, -0.15) is 0 Å². The van der Waals surface area contributed by atoms with E-state index in [4.69, 9.17) is 5.21 Å². The smallest absolute Gasteiger partial charge is 0.0829 e. The largest absolute Gasteiger partial charge is 0.411 e. The molecular formula is C10H17NO. The van der Waals surface area contributed by atoms with Crippen molar-refractivity contribution in [2.45, 2.75) is 40.0 Å². The lowest BCUT2D eigenvalue weighted by atomic mass is 9.84. The number of oxime groups is 1. The van der Waals surface area contributed by atoms with Gasteiger partial charge in [0, 0.05) is 0 Å². The Kier molecular flexibility index (Phi) is 2.90. The molecule has 0 aromatic rings. The molecule has 1 aliphatic carbocycles. The zero-order chi connectivity index (χ0) is 9.14. The molecular weight excluding hydrogens is 150 g/mol. The van der Waals surface area contributed by atoms with E-state index < -0.39 is 0 Å². The minimum atomic E-state index is 0.666. The van der Waals surface area contributed by atoms with E-state index in [0.29, 0.717) is 5.92 Å². The molecule has 0 spiro atoms. The fraction of sp³-hybridized carbons (Fsp3) is 0.700. The van der Waals surface area contributed by atoms with Gasteiger partial charge in [0.05, 0.1) is 5.71 Å². The van der Waals surface area contributed by atoms with Gasteiger partial charge in [0.2, 0.25) is 0 Å². The molecule has 1 N–H and O–H groups in total. The van der Waals surface area contributed by atoms with Crippen molar-refractivity contribution in [2.24, 2.45) is 11.1 Å². The van der Waals surface area contributed by atoms with E-state index in [-0.39, 0.29) is 0 Å². The standard InChI is InChI=1S/C10H17NO/c1-7(2)9-5-4-8(3)6-10(9)11-12/h8,12H,4-6H2,1-3H3. The van der Waals surface area contributed by atoms with Gasteiger partial charge >= 0.3 is 0 Å². The predicted molar refractivity (Wildman–Crippen MR) is 50.6 cm³/mol. The first-order valence-electron chi connectivity index (χ1n) is 4.52. The Morgan fingerprint density at radius 3 is 2.67 bits per heavy atom. The highest BCUT2D eigenvalue weighted by molar-refractivity contribution is 6.01. The molecule has 2 nitrogen and oxygen atoms in total. The molecule has 0 amide bonds. The summed E-state index contributed by atoms with van der Waals surface area (Å²) in [5.74, 6) is 0.666. The Balaban J connectivity index is 2.85. The lowest BCUT2D eigenvalue weighted by Crippen LogP contribution is -2.16. The second-order valence-electron chi connectivity index (χ2n) is 3.87. The molecule has 68 valence electrons. The molecule has 0 bridgehead atoms. The van der Waals surface area contributed by atoms with Crippen LogP contribution in [0.2, 0.25) is 0 Å². The molecule has 0 heterocycles. The number of nitrogens with zero attached hydrogens (tertiary/aromatic N) is 1. The topological polar surface area (TPSA) is 32.6 Å². The zero-order valence-corrected chi connectivity index (χ0v) is 8.09. The van der Waals surface area contributed by atoms with E-state index >= 15 is 0 Å². The highest BCUT2D eigenvalue weighted by Crippen LogP contribution is 2.27. The minimum Gasteiger partial charge on any atom is -0.411 e. The average Bonchev–Trinajstić information content (AvgIpc) is 2.03. The van der Waals surface area contributed by atoms with Crippen molar-refractivity contribution in [2.75, 3.05) is 0 Å². The van der Waals surface area contributed by atoms with E-state index in [2.05, 4.69) is 25.9 Å². The van der Waals surface area contributed by atoms with Crippen LogP contribution in [0.4, 0.5) is 0 Å². The third kappa shape index (κ3) is 1.87. The van der Waals surface area contributed by atoms with Crippen LogP contribution in [-0.4, -0.2) is 10.9 Å². The average molecular weight is 167 g/mol. The first-order valence-corrected chi connectivity index (χ1v) is 4.52. The van der Waals surface area contributed by atoms with Crippen molar-refractivity contribution in [3.63, 3.8) is 0 Å². The first-order chi connectivity index (χ1) is 5.65. The molecule has 0 aliphatic heterocycles. The highest BCUT2D eigenvalue weighted by Gasteiger charge is 2.19. The Labute approximate surface area is 74.0 Å². The van der Waals surface area contributed by atoms with Gasteiger partial charge in [-0.1, -0.05) is 17.7 Å². The Morgan fingerprint density at radius 1 is 1.50 bits per heavy atom. The monoisotopic (exact) mass is 167 g/mol. The quantitative estimate of drug-likeness (QED) is 0.436. The van der Waals surface area contributed by atoms with Crippen LogP contribution in [0.3, 0.4) is 0 Å². The number of allylic oxidation sites excluding steroid dienone is 2. The molecule has 1 rings (SSSR count). The van der Waals surface area contributed by atoms with Gasteiger partial charge in [-0.25, -0.2) is 0 Å². The van der Waals surface area contributed by atoms with Gasteiger partial charge in [-0.05, 0) is 44.6 Å². The van der Waals surface area contributed by atoms with Gasteiger partial charge in [0.15, 0.2) is 0 Å². The fourth-order valence-electron chi connectivity index (χ4n) is 1.73.